The molecule has 4 aliphatic carbocycles. The van der Waals surface area contributed by atoms with E-state index in [-0.39, 0.29) is 16.7 Å². The van der Waals surface area contributed by atoms with Crippen LogP contribution in [0.2, 0.25) is 0 Å². The fourth-order valence-electron chi connectivity index (χ4n) is 6.21. The Labute approximate surface area is 177 Å². The van der Waals surface area contributed by atoms with Crippen molar-refractivity contribution in [2.45, 2.75) is 68.3 Å². The zero-order valence-corrected chi connectivity index (χ0v) is 18.3. The lowest BCUT2D eigenvalue weighted by Crippen LogP contribution is -2.60. The summed E-state index contributed by atoms with van der Waals surface area (Å²) in [5, 5.41) is 12.8. The molecule has 1 heterocycles. The average molecular weight is 411 g/mol. The molecular formula is C23H30N4OS. The molecule has 4 bridgehead atoms. The van der Waals surface area contributed by atoms with Crippen molar-refractivity contribution >= 4 is 17.7 Å². The fraction of sp³-hybridized carbons (Fsp3) is 0.609. The molecule has 4 fully saturated rings. The molecule has 0 spiro atoms. The smallest absolute Gasteiger partial charge is 0.233 e. The van der Waals surface area contributed by atoms with E-state index in [9.17, 15) is 4.79 Å². The number of hydrogen-bond donors (Lipinski definition) is 1. The van der Waals surface area contributed by atoms with Gasteiger partial charge in [0.1, 0.15) is 0 Å². The molecule has 0 saturated heterocycles. The summed E-state index contributed by atoms with van der Waals surface area (Å²) >= 11 is 1.50. The first kappa shape index (κ1) is 19.2. The molecule has 1 unspecified atom stereocenters. The molecule has 0 aliphatic heterocycles. The van der Waals surface area contributed by atoms with Crippen molar-refractivity contribution in [3.05, 3.63) is 29.8 Å². The molecular weight excluding hydrogens is 380 g/mol. The number of aromatic nitrogens is 3. The molecule has 4 aliphatic rings. The van der Waals surface area contributed by atoms with Crippen molar-refractivity contribution in [1.82, 2.24) is 20.1 Å². The molecule has 2 aromatic rings. The van der Waals surface area contributed by atoms with E-state index in [0.717, 1.165) is 34.3 Å². The van der Waals surface area contributed by atoms with E-state index < -0.39 is 0 Å². The third-order valence-electron chi connectivity index (χ3n) is 7.22. The lowest BCUT2D eigenvalue weighted by molar-refractivity contribution is -0.126. The van der Waals surface area contributed by atoms with E-state index >= 15 is 0 Å². The van der Waals surface area contributed by atoms with Crippen LogP contribution in [0.3, 0.4) is 0 Å². The molecule has 1 atom stereocenters. The van der Waals surface area contributed by atoms with Gasteiger partial charge in [-0.3, -0.25) is 4.79 Å². The highest BCUT2D eigenvalue weighted by Crippen LogP contribution is 2.55. The SMILES string of the molecule is Cc1ccc(-c2nnc(SC(C)C(=O)NC34CC5CC(CC(C5)C3)C4)n2C)cc1. The Hall–Kier alpha value is -1.82. The highest BCUT2D eigenvalue weighted by molar-refractivity contribution is 8.00. The number of thioether (sulfide) groups is 1. The van der Waals surface area contributed by atoms with Crippen LogP contribution < -0.4 is 5.32 Å². The van der Waals surface area contributed by atoms with Crippen molar-refractivity contribution in [2.75, 3.05) is 0 Å². The molecule has 0 radical (unpaired) electrons. The number of carbonyl (C=O) groups excluding carboxylic acids is 1. The predicted octanol–water partition coefficient (Wildman–Crippen LogP) is 4.36. The number of nitrogens with zero attached hydrogens (tertiary/aromatic N) is 3. The number of nitrogens with one attached hydrogen (secondary N) is 1. The van der Waals surface area contributed by atoms with Gasteiger partial charge in [-0.25, -0.2) is 0 Å². The lowest BCUT2D eigenvalue weighted by atomic mass is 9.53. The van der Waals surface area contributed by atoms with Gasteiger partial charge < -0.3 is 9.88 Å². The van der Waals surface area contributed by atoms with Crippen LogP contribution in [0.25, 0.3) is 11.4 Å². The molecule has 6 heteroatoms. The van der Waals surface area contributed by atoms with E-state index in [2.05, 4.69) is 46.7 Å². The quantitative estimate of drug-likeness (QED) is 0.744. The highest BCUT2D eigenvalue weighted by Gasteiger charge is 2.51. The Morgan fingerprint density at radius 1 is 1.10 bits per heavy atom. The topological polar surface area (TPSA) is 59.8 Å². The van der Waals surface area contributed by atoms with E-state index in [0.29, 0.717) is 0 Å². The number of aryl methyl sites for hydroxylation is 1. The minimum atomic E-state index is -0.184. The Balaban J connectivity index is 1.27. The second kappa shape index (κ2) is 7.15. The summed E-state index contributed by atoms with van der Waals surface area (Å²) in [6.07, 6.45) is 7.72. The van der Waals surface area contributed by atoms with Crippen molar-refractivity contribution in [2.24, 2.45) is 24.8 Å². The third kappa shape index (κ3) is 3.60. The fourth-order valence-corrected chi connectivity index (χ4v) is 7.02. The summed E-state index contributed by atoms with van der Waals surface area (Å²) in [4.78, 5) is 13.1. The lowest BCUT2D eigenvalue weighted by Gasteiger charge is -2.57. The molecule has 154 valence electrons. The van der Waals surface area contributed by atoms with Crippen molar-refractivity contribution < 1.29 is 4.79 Å². The van der Waals surface area contributed by atoms with Crippen molar-refractivity contribution in [3.8, 4) is 11.4 Å². The Morgan fingerprint density at radius 3 is 2.28 bits per heavy atom. The van der Waals surface area contributed by atoms with Gasteiger partial charge in [-0.15, -0.1) is 10.2 Å². The van der Waals surface area contributed by atoms with Crippen LogP contribution in [-0.4, -0.2) is 31.5 Å². The molecule has 1 aromatic carbocycles. The first-order valence-electron chi connectivity index (χ1n) is 10.9. The number of amides is 1. The normalized spacial score (nSPS) is 31.1. The van der Waals surface area contributed by atoms with Gasteiger partial charge in [0.2, 0.25) is 5.91 Å². The predicted molar refractivity (Wildman–Crippen MR) is 116 cm³/mol. The Kier molecular flexibility index (Phi) is 4.72. The summed E-state index contributed by atoms with van der Waals surface area (Å²) in [6, 6.07) is 8.30. The van der Waals surface area contributed by atoms with Gasteiger partial charge >= 0.3 is 0 Å². The summed E-state index contributed by atoms with van der Waals surface area (Å²) in [5.41, 5.74) is 2.33. The molecule has 29 heavy (non-hydrogen) atoms. The zero-order chi connectivity index (χ0) is 20.2. The molecule has 1 amide bonds. The average Bonchev–Trinajstić information content (AvgIpc) is 3.01. The standard InChI is InChI=1S/C23H30N4OS/c1-14-4-6-19(7-5-14)20-25-26-22(27(20)3)29-15(2)21(28)24-23-11-16-8-17(12-23)10-18(9-16)13-23/h4-7,15-18H,8-13H2,1-3H3,(H,24,28). The molecule has 6 rings (SSSR count). The first-order chi connectivity index (χ1) is 13.9. The minimum absolute atomic E-state index is 0.0631. The highest BCUT2D eigenvalue weighted by atomic mass is 32.2. The van der Waals surface area contributed by atoms with Gasteiger partial charge in [0.15, 0.2) is 11.0 Å². The van der Waals surface area contributed by atoms with Crippen LogP contribution in [0.5, 0.6) is 0 Å². The van der Waals surface area contributed by atoms with Crippen LogP contribution in [0, 0.1) is 24.7 Å². The van der Waals surface area contributed by atoms with E-state index in [1.807, 2.05) is 18.5 Å². The van der Waals surface area contributed by atoms with Gasteiger partial charge in [0.25, 0.3) is 0 Å². The van der Waals surface area contributed by atoms with E-state index in [1.165, 1.54) is 55.9 Å². The van der Waals surface area contributed by atoms with Gasteiger partial charge in [0.05, 0.1) is 5.25 Å². The van der Waals surface area contributed by atoms with Crippen LogP contribution in [-0.2, 0) is 11.8 Å². The molecule has 5 nitrogen and oxygen atoms in total. The van der Waals surface area contributed by atoms with Crippen LogP contribution in [0.4, 0.5) is 0 Å². The molecule has 1 aromatic heterocycles. The second-order valence-corrected chi connectivity index (χ2v) is 11.0. The maximum Gasteiger partial charge on any atom is 0.233 e. The Morgan fingerprint density at radius 2 is 1.69 bits per heavy atom. The monoisotopic (exact) mass is 410 g/mol. The summed E-state index contributed by atoms with van der Waals surface area (Å²) in [6.45, 7) is 4.06. The van der Waals surface area contributed by atoms with Crippen LogP contribution in [0.1, 0.15) is 51.0 Å². The van der Waals surface area contributed by atoms with E-state index in [4.69, 9.17) is 0 Å². The third-order valence-corrected chi connectivity index (χ3v) is 8.36. The molecule has 4 saturated carbocycles. The van der Waals surface area contributed by atoms with Gasteiger partial charge in [-0.05, 0) is 70.1 Å². The maximum atomic E-state index is 13.1. The summed E-state index contributed by atoms with van der Waals surface area (Å²) in [5.74, 6) is 3.49. The number of benzene rings is 1. The minimum Gasteiger partial charge on any atom is -0.350 e. The number of rotatable bonds is 5. The van der Waals surface area contributed by atoms with E-state index in [1.54, 1.807) is 0 Å². The van der Waals surface area contributed by atoms with Crippen LogP contribution in [0.15, 0.2) is 29.4 Å². The first-order valence-corrected chi connectivity index (χ1v) is 11.7. The van der Waals surface area contributed by atoms with Crippen molar-refractivity contribution in [3.63, 3.8) is 0 Å². The van der Waals surface area contributed by atoms with Crippen molar-refractivity contribution in [1.29, 1.82) is 0 Å². The summed E-state index contributed by atoms with van der Waals surface area (Å²) in [7, 11) is 1.97. The van der Waals surface area contributed by atoms with Gasteiger partial charge in [0, 0.05) is 18.2 Å². The number of carbonyl (C=O) groups is 1. The molecule has 1 N–H and O–H groups in total. The zero-order valence-electron chi connectivity index (χ0n) is 17.5. The largest absolute Gasteiger partial charge is 0.350 e. The van der Waals surface area contributed by atoms with Crippen LogP contribution >= 0.6 is 11.8 Å². The second-order valence-electron chi connectivity index (χ2n) is 9.68. The Bertz CT molecular complexity index is 884. The number of hydrogen-bond acceptors (Lipinski definition) is 4. The van der Waals surface area contributed by atoms with Gasteiger partial charge in [-0.2, -0.15) is 0 Å². The summed E-state index contributed by atoms with van der Waals surface area (Å²) < 4.78 is 1.99. The maximum absolute atomic E-state index is 13.1. The van der Waals surface area contributed by atoms with Gasteiger partial charge in [-0.1, -0.05) is 41.6 Å².